The second-order valence-electron chi connectivity index (χ2n) is 8.38. The maximum Gasteiger partial charge on any atom is 0.0299 e. The second kappa shape index (κ2) is 6.51. The van der Waals surface area contributed by atoms with E-state index in [1.54, 1.807) is 11.3 Å². The van der Waals surface area contributed by atoms with Crippen molar-refractivity contribution >= 4 is 0 Å². The molecule has 0 bridgehead atoms. The zero-order valence-electron chi connectivity index (χ0n) is 15.1. The van der Waals surface area contributed by atoms with E-state index in [0.717, 1.165) is 13.1 Å². The van der Waals surface area contributed by atoms with Crippen LogP contribution in [0.15, 0.2) is 11.3 Å². The van der Waals surface area contributed by atoms with Crippen LogP contribution < -0.4 is 0 Å². The highest BCUT2D eigenvalue weighted by molar-refractivity contribution is 5.26. The average Bonchev–Trinajstić information content (AvgIpc) is 2.44. The number of rotatable bonds is 3. The highest BCUT2D eigenvalue weighted by atomic mass is 15.2. The van der Waals surface area contributed by atoms with Crippen LogP contribution in [0.4, 0.5) is 0 Å². The molecule has 1 heterocycles. The molecular weight excluding hydrogens is 244 g/mol. The standard InChI is InChI=1S/C18H36N2/c1-9-10-11-20-13-12-19(8)16(18(5,6)7)15(14-20)17(2,3)4/h9-14H2,1-8H3. The highest BCUT2D eigenvalue weighted by Gasteiger charge is 2.33. The summed E-state index contributed by atoms with van der Waals surface area (Å²) in [5, 5.41) is 0. The Balaban J connectivity index is 3.16. The molecule has 2 heteroatoms. The molecule has 118 valence electrons. The first-order chi connectivity index (χ1) is 9.07. The Kier molecular flexibility index (Phi) is 5.71. The zero-order valence-corrected chi connectivity index (χ0v) is 15.1. The fourth-order valence-corrected chi connectivity index (χ4v) is 3.20. The van der Waals surface area contributed by atoms with E-state index in [2.05, 4.69) is 65.3 Å². The lowest BCUT2D eigenvalue weighted by atomic mass is 9.78. The summed E-state index contributed by atoms with van der Waals surface area (Å²) < 4.78 is 0. The van der Waals surface area contributed by atoms with Crippen LogP contribution in [0.5, 0.6) is 0 Å². The van der Waals surface area contributed by atoms with Crippen LogP contribution in [-0.2, 0) is 0 Å². The summed E-state index contributed by atoms with van der Waals surface area (Å²) in [6.45, 7) is 21.2. The molecule has 0 unspecified atom stereocenters. The van der Waals surface area contributed by atoms with Crippen molar-refractivity contribution in [3.63, 3.8) is 0 Å². The number of unbranched alkanes of at least 4 members (excludes halogenated alkanes) is 1. The van der Waals surface area contributed by atoms with Crippen molar-refractivity contribution in [3.8, 4) is 0 Å². The maximum atomic E-state index is 2.65. The van der Waals surface area contributed by atoms with Crippen LogP contribution in [0, 0.1) is 10.8 Å². The monoisotopic (exact) mass is 280 g/mol. The molecule has 0 spiro atoms. The van der Waals surface area contributed by atoms with Gasteiger partial charge in [-0.3, -0.25) is 4.90 Å². The fourth-order valence-electron chi connectivity index (χ4n) is 3.20. The van der Waals surface area contributed by atoms with Crippen molar-refractivity contribution in [1.29, 1.82) is 0 Å². The normalized spacial score (nSPS) is 19.5. The molecule has 20 heavy (non-hydrogen) atoms. The molecule has 0 aromatic rings. The average molecular weight is 280 g/mol. The SMILES string of the molecule is CCCCN1CCN(C)C(C(C)(C)C)=C(C(C)(C)C)C1. The lowest BCUT2D eigenvalue weighted by molar-refractivity contribution is 0.258. The third kappa shape index (κ3) is 4.51. The van der Waals surface area contributed by atoms with Crippen LogP contribution in [0.3, 0.4) is 0 Å². The van der Waals surface area contributed by atoms with Crippen molar-refractivity contribution in [3.05, 3.63) is 11.3 Å². The summed E-state index contributed by atoms with van der Waals surface area (Å²) in [5.41, 5.74) is 3.65. The van der Waals surface area contributed by atoms with E-state index in [-0.39, 0.29) is 10.8 Å². The molecule has 1 aliphatic rings. The van der Waals surface area contributed by atoms with E-state index in [9.17, 15) is 0 Å². The first-order valence-electron chi connectivity index (χ1n) is 8.25. The minimum absolute atomic E-state index is 0.220. The molecule has 1 aliphatic heterocycles. The molecule has 0 amide bonds. The molecule has 0 N–H and O–H groups in total. The maximum absolute atomic E-state index is 2.65. The van der Waals surface area contributed by atoms with Gasteiger partial charge in [0.15, 0.2) is 0 Å². The van der Waals surface area contributed by atoms with Gasteiger partial charge in [-0.15, -0.1) is 0 Å². The van der Waals surface area contributed by atoms with Crippen LogP contribution >= 0.6 is 0 Å². The summed E-state index contributed by atoms with van der Waals surface area (Å²) in [6.07, 6.45) is 2.60. The van der Waals surface area contributed by atoms with Crippen molar-refractivity contribution in [1.82, 2.24) is 9.80 Å². The third-order valence-corrected chi connectivity index (χ3v) is 4.24. The summed E-state index contributed by atoms with van der Waals surface area (Å²) in [7, 11) is 2.27. The summed E-state index contributed by atoms with van der Waals surface area (Å²) in [6, 6.07) is 0. The molecule has 0 aliphatic carbocycles. The molecule has 0 radical (unpaired) electrons. The number of hydrogen-bond donors (Lipinski definition) is 0. The van der Waals surface area contributed by atoms with Crippen LogP contribution in [0.1, 0.15) is 61.3 Å². The van der Waals surface area contributed by atoms with Crippen molar-refractivity contribution in [2.24, 2.45) is 10.8 Å². The molecule has 0 saturated carbocycles. The molecule has 0 aromatic carbocycles. The molecule has 2 nitrogen and oxygen atoms in total. The largest absolute Gasteiger partial charge is 0.376 e. The lowest BCUT2D eigenvalue weighted by Gasteiger charge is -2.37. The fraction of sp³-hybridized carbons (Fsp3) is 0.889. The van der Waals surface area contributed by atoms with E-state index in [4.69, 9.17) is 0 Å². The van der Waals surface area contributed by atoms with Gasteiger partial charge in [-0.05, 0) is 24.0 Å². The lowest BCUT2D eigenvalue weighted by Crippen LogP contribution is -2.32. The smallest absolute Gasteiger partial charge is 0.0299 e. The van der Waals surface area contributed by atoms with Gasteiger partial charge in [-0.1, -0.05) is 54.9 Å². The number of nitrogens with zero attached hydrogens (tertiary/aromatic N) is 2. The Morgan fingerprint density at radius 2 is 1.55 bits per heavy atom. The number of allylic oxidation sites excluding steroid dienone is 1. The van der Waals surface area contributed by atoms with Gasteiger partial charge in [0.25, 0.3) is 0 Å². The Morgan fingerprint density at radius 3 is 2.00 bits per heavy atom. The van der Waals surface area contributed by atoms with Crippen LogP contribution in [0.25, 0.3) is 0 Å². The third-order valence-electron chi connectivity index (χ3n) is 4.24. The summed E-state index contributed by atoms with van der Waals surface area (Å²) in [4.78, 5) is 5.16. The van der Waals surface area contributed by atoms with Gasteiger partial charge in [0.1, 0.15) is 0 Å². The van der Waals surface area contributed by atoms with E-state index in [1.807, 2.05) is 0 Å². The molecule has 0 atom stereocenters. The number of likely N-dealkylation sites (N-methyl/N-ethyl adjacent to an activating group) is 1. The van der Waals surface area contributed by atoms with Gasteiger partial charge < -0.3 is 4.90 Å². The first-order valence-corrected chi connectivity index (χ1v) is 8.25. The van der Waals surface area contributed by atoms with E-state index < -0.39 is 0 Å². The Labute approximate surface area is 127 Å². The van der Waals surface area contributed by atoms with Crippen molar-refractivity contribution in [2.45, 2.75) is 61.3 Å². The minimum atomic E-state index is 0.220. The Bertz CT molecular complexity index is 341. The van der Waals surface area contributed by atoms with E-state index >= 15 is 0 Å². The summed E-state index contributed by atoms with van der Waals surface area (Å²) >= 11 is 0. The van der Waals surface area contributed by atoms with E-state index in [1.165, 1.54) is 25.9 Å². The van der Waals surface area contributed by atoms with Crippen molar-refractivity contribution in [2.75, 3.05) is 33.2 Å². The molecule has 0 saturated heterocycles. The van der Waals surface area contributed by atoms with Gasteiger partial charge in [-0.2, -0.15) is 0 Å². The second-order valence-corrected chi connectivity index (χ2v) is 8.38. The molecular formula is C18H36N2. The Hall–Kier alpha value is -0.500. The predicted molar refractivity (Wildman–Crippen MR) is 89.9 cm³/mol. The first kappa shape index (κ1) is 17.6. The van der Waals surface area contributed by atoms with Gasteiger partial charge in [0.05, 0.1) is 0 Å². The van der Waals surface area contributed by atoms with Gasteiger partial charge >= 0.3 is 0 Å². The molecule has 1 rings (SSSR count). The van der Waals surface area contributed by atoms with E-state index in [0.29, 0.717) is 0 Å². The topological polar surface area (TPSA) is 6.48 Å². The predicted octanol–water partition coefficient (Wildman–Crippen LogP) is 4.38. The van der Waals surface area contributed by atoms with Crippen molar-refractivity contribution < 1.29 is 0 Å². The van der Waals surface area contributed by atoms with Gasteiger partial charge in [0.2, 0.25) is 0 Å². The summed E-state index contributed by atoms with van der Waals surface area (Å²) in [5.74, 6) is 0. The number of hydrogen-bond acceptors (Lipinski definition) is 2. The molecule has 0 aromatic heterocycles. The van der Waals surface area contributed by atoms with Crippen LogP contribution in [0.2, 0.25) is 0 Å². The highest BCUT2D eigenvalue weighted by Crippen LogP contribution is 2.39. The minimum Gasteiger partial charge on any atom is -0.376 e. The van der Waals surface area contributed by atoms with Gasteiger partial charge in [0, 0.05) is 37.8 Å². The molecule has 0 fully saturated rings. The zero-order chi connectivity index (χ0) is 15.6. The Morgan fingerprint density at radius 1 is 0.950 bits per heavy atom. The van der Waals surface area contributed by atoms with Crippen LogP contribution in [-0.4, -0.2) is 43.0 Å². The quantitative estimate of drug-likeness (QED) is 0.757. The van der Waals surface area contributed by atoms with Gasteiger partial charge in [-0.25, -0.2) is 0 Å².